The number of hydrogen-bond acceptors (Lipinski definition) is 10. The van der Waals surface area contributed by atoms with E-state index in [0.717, 1.165) is 127 Å². The number of aliphatic imine (C=N–C) groups is 1. The molecule has 4 amide bonds. The van der Waals surface area contributed by atoms with Gasteiger partial charge in [-0.2, -0.15) is 0 Å². The minimum absolute atomic E-state index is 0.000797. The van der Waals surface area contributed by atoms with Crippen molar-refractivity contribution in [2.45, 2.75) is 152 Å². The van der Waals surface area contributed by atoms with Gasteiger partial charge in [0.1, 0.15) is 5.82 Å². The Balaban J connectivity index is 0.596. The number of pyridine rings is 2. The van der Waals surface area contributed by atoms with Crippen LogP contribution in [0, 0.1) is 35.3 Å². The summed E-state index contributed by atoms with van der Waals surface area (Å²) < 4.78 is 29.5. The second-order valence-electron chi connectivity index (χ2n) is 29.5. The summed E-state index contributed by atoms with van der Waals surface area (Å²) in [6.07, 6.45) is 10.7. The zero-order chi connectivity index (χ0) is 65.9. The number of likely N-dealkylation sites (tertiary alicyclic amines) is 1. The Hall–Kier alpha value is -6.42. The van der Waals surface area contributed by atoms with Crippen molar-refractivity contribution in [1.82, 2.24) is 34.9 Å². The van der Waals surface area contributed by atoms with Crippen LogP contribution in [-0.2, 0) is 55.9 Å². The van der Waals surface area contributed by atoms with Crippen LogP contribution in [0.3, 0.4) is 0 Å². The van der Waals surface area contributed by atoms with E-state index in [1.54, 1.807) is 24.3 Å². The maximum absolute atomic E-state index is 14.5. The monoisotopic (exact) mass is 1390 g/mol. The number of hydrogen-bond donors (Lipinski definition) is 3. The number of amides is 4. The summed E-state index contributed by atoms with van der Waals surface area (Å²) in [7, 11) is 3.78. The molecule has 1 aliphatic carbocycles. The second kappa shape index (κ2) is 29.3. The molecule has 3 aromatic carbocycles. The van der Waals surface area contributed by atoms with Gasteiger partial charge in [0.15, 0.2) is 0 Å². The van der Waals surface area contributed by atoms with Gasteiger partial charge >= 0.3 is 280 Å². The van der Waals surface area contributed by atoms with E-state index < -0.39 is 30.6 Å². The van der Waals surface area contributed by atoms with Gasteiger partial charge in [-0.3, -0.25) is 24.3 Å². The van der Waals surface area contributed by atoms with Gasteiger partial charge in [-0.05, 0) is 60.4 Å². The zero-order valence-corrected chi connectivity index (χ0v) is 58.0. The van der Waals surface area contributed by atoms with Crippen LogP contribution in [-0.4, -0.2) is 157 Å². The van der Waals surface area contributed by atoms with Crippen LogP contribution < -0.4 is 26.2 Å². The molecule has 5 aromatic rings. The molecule has 0 unspecified atom stereocenters. The van der Waals surface area contributed by atoms with Crippen molar-refractivity contribution < 1.29 is 28.0 Å². The van der Waals surface area contributed by atoms with Crippen molar-refractivity contribution in [2.24, 2.45) is 28.7 Å². The van der Waals surface area contributed by atoms with Gasteiger partial charge in [0.05, 0.1) is 18.8 Å². The van der Waals surface area contributed by atoms with Crippen LogP contribution in [0.4, 0.5) is 20.2 Å². The number of carbonyl (C=O) groups excluding carboxylic acids is 4. The Bertz CT molecular complexity index is 3630. The molecule has 2 saturated heterocycles. The van der Waals surface area contributed by atoms with Crippen LogP contribution in [0.1, 0.15) is 144 Å². The Kier molecular flexibility index (Phi) is 21.4. The van der Waals surface area contributed by atoms with Gasteiger partial charge in [0.2, 0.25) is 11.8 Å². The van der Waals surface area contributed by atoms with Gasteiger partial charge < -0.3 is 14.8 Å². The molecule has 0 spiro atoms. The summed E-state index contributed by atoms with van der Waals surface area (Å²) in [5, 5.41) is 3.73. The predicted octanol–water partition coefficient (Wildman–Crippen LogP) is 10.0. The van der Waals surface area contributed by atoms with Gasteiger partial charge in [-0.1, -0.05) is 57.9 Å². The number of nitrogens with one attached hydrogen (secondary N) is 3. The summed E-state index contributed by atoms with van der Waals surface area (Å²) in [4.78, 5) is 106. The third kappa shape index (κ3) is 16.8. The molecular formula is C74H97F2IN10O6. The summed E-state index contributed by atoms with van der Waals surface area (Å²) in [5.41, 5.74) is 6.75. The predicted molar refractivity (Wildman–Crippen MR) is 374 cm³/mol. The molecule has 5 aliphatic heterocycles. The number of piperidine rings is 1. The van der Waals surface area contributed by atoms with Crippen molar-refractivity contribution in [2.75, 3.05) is 91.7 Å². The molecule has 16 nitrogen and oxygen atoms in total. The summed E-state index contributed by atoms with van der Waals surface area (Å²) in [6, 6.07) is 24.9. The van der Waals surface area contributed by atoms with Crippen LogP contribution >= 0.6 is 19.8 Å². The average Bonchev–Trinajstić information content (AvgIpc) is 1.62. The Morgan fingerprint density at radius 2 is 1.12 bits per heavy atom. The van der Waals surface area contributed by atoms with E-state index in [1.165, 1.54) is 24.3 Å². The first-order valence-corrected chi connectivity index (χ1v) is 38.2. The molecule has 500 valence electrons. The van der Waals surface area contributed by atoms with Crippen molar-refractivity contribution in [3.63, 3.8) is 0 Å². The second-order valence-corrected chi connectivity index (χ2v) is 35.7. The first-order valence-electron chi connectivity index (χ1n) is 33.9. The van der Waals surface area contributed by atoms with E-state index in [1.807, 2.05) is 52.0 Å². The molecule has 11 rings (SSSR count). The van der Waals surface area contributed by atoms with Gasteiger partial charge in [0, 0.05) is 74.4 Å². The number of halogens is 3. The topological polar surface area (TPSA) is 178 Å². The Morgan fingerprint density at radius 3 is 1.63 bits per heavy atom. The molecular weight excluding hydrogens is 1290 g/mol. The molecule has 93 heavy (non-hydrogen) atoms. The number of aromatic nitrogens is 2. The van der Waals surface area contributed by atoms with E-state index in [0.29, 0.717) is 102 Å². The van der Waals surface area contributed by atoms with E-state index in [-0.39, 0.29) is 64.9 Å². The molecule has 0 radical (unpaired) electrons. The SMILES string of the molecule is C[C@@H]1CI(CC(=O)N2CC(C)(C)c3[nH]c(=O)c(Cc4ccc(F)cc4)cc32)[C@@H](CN2CCC(CC(=O)N(C)Cc3ccc(CN(C)C(=O)CC4CCC(C[C@H]5CN=C[C@H](C)CN5CC(=O)N5CC(C)(C)c6[nH]c(=O)c(Cc7ccc(F)cc7)cc65)CC4)cc3)CC2)CN1. The Morgan fingerprint density at radius 1 is 0.645 bits per heavy atom. The summed E-state index contributed by atoms with van der Waals surface area (Å²) in [5.74, 6) is 1.12. The Labute approximate surface area is 555 Å². The molecule has 19 heteroatoms. The quantitative estimate of drug-likeness (QED) is 0.0506. The van der Waals surface area contributed by atoms with Gasteiger partial charge in [0.25, 0.3) is 5.56 Å². The van der Waals surface area contributed by atoms with E-state index in [9.17, 15) is 37.5 Å². The minimum atomic E-state index is -1.79. The number of H-pyrrole nitrogens is 2. The van der Waals surface area contributed by atoms with Crippen molar-refractivity contribution in [1.29, 1.82) is 0 Å². The van der Waals surface area contributed by atoms with E-state index >= 15 is 0 Å². The number of fused-ring (bicyclic) bond motifs is 2. The van der Waals surface area contributed by atoms with Crippen LogP contribution in [0.2, 0.25) is 0 Å². The molecule has 1 saturated carbocycles. The normalized spacial score (nSPS) is 23.5. The van der Waals surface area contributed by atoms with Gasteiger partial charge in [-0.15, -0.1) is 0 Å². The molecule has 2 aromatic heterocycles. The van der Waals surface area contributed by atoms with E-state index in [4.69, 9.17) is 4.99 Å². The van der Waals surface area contributed by atoms with Gasteiger partial charge in [-0.25, -0.2) is 4.39 Å². The molecule has 6 aliphatic rings. The van der Waals surface area contributed by atoms with Crippen LogP contribution in [0.15, 0.2) is 99.5 Å². The average molecular weight is 1390 g/mol. The number of nitrogens with zero attached hydrogens (tertiary/aromatic N) is 7. The maximum atomic E-state index is 14.5. The molecule has 3 N–H and O–H groups in total. The summed E-state index contributed by atoms with van der Waals surface area (Å²) >= 11 is -1.79. The fourth-order valence-corrected chi connectivity index (χ4v) is 22.1. The third-order valence-corrected chi connectivity index (χ3v) is 28.1. The van der Waals surface area contributed by atoms with Crippen molar-refractivity contribution in [3.05, 3.63) is 162 Å². The number of rotatable bonds is 20. The molecule has 7 heterocycles. The molecule has 3 fully saturated rings. The number of alkyl halides is 3. The number of aromatic amines is 2. The number of carbonyl (C=O) groups is 4. The zero-order valence-electron chi connectivity index (χ0n) is 55.9. The fourth-order valence-electron chi connectivity index (χ4n) is 15.2. The molecule has 0 bridgehead atoms. The number of benzene rings is 3. The fraction of sp³-hybridized carbons (Fsp3) is 0.554. The van der Waals surface area contributed by atoms with Crippen LogP contribution in [0.5, 0.6) is 0 Å². The first-order chi connectivity index (χ1) is 44.4. The summed E-state index contributed by atoms with van der Waals surface area (Å²) in [6.45, 7) is 20.1. The third-order valence-electron chi connectivity index (χ3n) is 20.7. The van der Waals surface area contributed by atoms with Crippen molar-refractivity contribution >= 4 is 61.0 Å². The standard InChI is InChI=1S/C74H97F2IN10O6/c1-48-38-78-40-62(85(41-48)45-68(91)87-47-74(5,6)70-64(87)35-58(72(93)81-70)30-51-19-23-60(76)24-20-51)31-52-9-11-53(12-10-52)32-65(88)82(7)42-55-13-15-56(16-14-55)43-83(8)66(89)33-54-25-27-84(28-26-54)44-61-39-79-49(2)36-77(61)37-67(90)86-46-73(3,4)69-63(86)34-57(71(92)80-69)29-50-17-21-59(75)22-18-50/h13-24,34-35,38,48-49,52-54,61-62,79H,9-12,25-33,36-37,39-47H2,1-8H3,(H,80,92)(H,81,93)/t48-,49+,52?,53?,61+,62-/m0/s1. The number of anilines is 2. The van der Waals surface area contributed by atoms with E-state index in [2.05, 4.69) is 90.9 Å². The first kappa shape index (κ1) is 68.0. The van der Waals surface area contributed by atoms with Crippen molar-refractivity contribution in [3.8, 4) is 0 Å². The van der Waals surface area contributed by atoms with Crippen LogP contribution in [0.25, 0.3) is 0 Å². The molecule has 4 atom stereocenters.